The number of nitrogens with one attached hydrogen (secondary N) is 1. The van der Waals surface area contributed by atoms with Gasteiger partial charge in [0, 0.05) is 31.1 Å². The molecular formula is C19H22N8. The third-order valence-corrected chi connectivity index (χ3v) is 4.74. The summed E-state index contributed by atoms with van der Waals surface area (Å²) in [5.41, 5.74) is 3.85. The van der Waals surface area contributed by atoms with Crippen LogP contribution >= 0.6 is 0 Å². The molecule has 1 unspecified atom stereocenters. The lowest BCUT2D eigenvalue weighted by molar-refractivity contribution is 0.553. The van der Waals surface area contributed by atoms with E-state index >= 15 is 0 Å². The summed E-state index contributed by atoms with van der Waals surface area (Å²) in [4.78, 5) is 8.90. The van der Waals surface area contributed by atoms with Gasteiger partial charge in [0.2, 0.25) is 5.95 Å². The summed E-state index contributed by atoms with van der Waals surface area (Å²) in [6.45, 7) is 4.43. The molecule has 0 saturated heterocycles. The lowest BCUT2D eigenvalue weighted by Gasteiger charge is -2.07. The summed E-state index contributed by atoms with van der Waals surface area (Å²) in [6.07, 6.45) is 7.48. The highest BCUT2D eigenvalue weighted by Gasteiger charge is 2.11. The Morgan fingerprint density at radius 1 is 1.15 bits per heavy atom. The number of hydrogen-bond donors (Lipinski definition) is 1. The second kappa shape index (κ2) is 7.14. The third-order valence-electron chi connectivity index (χ3n) is 4.74. The van der Waals surface area contributed by atoms with Crippen molar-refractivity contribution in [1.29, 1.82) is 0 Å². The normalized spacial score (nSPS) is 12.4. The Labute approximate surface area is 157 Å². The van der Waals surface area contributed by atoms with E-state index < -0.39 is 0 Å². The lowest BCUT2D eigenvalue weighted by atomic mass is 10.0. The molecule has 0 saturated carbocycles. The van der Waals surface area contributed by atoms with E-state index in [4.69, 9.17) is 0 Å². The molecule has 1 N–H and O–H groups in total. The summed E-state index contributed by atoms with van der Waals surface area (Å²) in [5, 5.41) is 15.9. The van der Waals surface area contributed by atoms with Crippen LogP contribution in [-0.2, 0) is 13.5 Å². The molecule has 8 nitrogen and oxygen atoms in total. The first-order valence-electron chi connectivity index (χ1n) is 9.06. The monoisotopic (exact) mass is 362 g/mol. The van der Waals surface area contributed by atoms with E-state index in [1.165, 1.54) is 0 Å². The molecule has 0 amide bonds. The number of anilines is 2. The first kappa shape index (κ1) is 17.1. The van der Waals surface area contributed by atoms with Crippen molar-refractivity contribution >= 4 is 17.3 Å². The van der Waals surface area contributed by atoms with Crippen molar-refractivity contribution in [1.82, 2.24) is 34.6 Å². The molecule has 4 aromatic rings. The average molecular weight is 362 g/mol. The van der Waals surface area contributed by atoms with Crippen molar-refractivity contribution in [3.63, 3.8) is 0 Å². The quantitative estimate of drug-likeness (QED) is 0.567. The zero-order valence-corrected chi connectivity index (χ0v) is 15.7. The second-order valence-electron chi connectivity index (χ2n) is 6.73. The van der Waals surface area contributed by atoms with Gasteiger partial charge < -0.3 is 5.32 Å². The Balaban J connectivity index is 1.62. The van der Waals surface area contributed by atoms with Crippen LogP contribution in [0.2, 0.25) is 0 Å². The lowest BCUT2D eigenvalue weighted by Crippen LogP contribution is -2.03. The van der Waals surface area contributed by atoms with Crippen LogP contribution in [0.15, 0.2) is 42.9 Å². The number of hydrogen-bond acceptors (Lipinski definition) is 6. The first-order chi connectivity index (χ1) is 13.1. The molecule has 0 aromatic carbocycles. The fourth-order valence-electron chi connectivity index (χ4n) is 2.91. The fourth-order valence-corrected chi connectivity index (χ4v) is 2.91. The van der Waals surface area contributed by atoms with Gasteiger partial charge in [-0.25, -0.2) is 14.5 Å². The molecule has 0 radical (unpaired) electrons. The molecule has 4 rings (SSSR count). The number of pyridine rings is 1. The minimum atomic E-state index is 0.521. The van der Waals surface area contributed by atoms with Crippen LogP contribution in [0.4, 0.5) is 11.8 Å². The number of aromatic nitrogens is 7. The molecule has 4 heterocycles. The molecule has 8 heteroatoms. The number of rotatable bonds is 6. The molecule has 0 bridgehead atoms. The molecule has 0 fully saturated rings. The third kappa shape index (κ3) is 3.51. The molecule has 1 atom stereocenters. The van der Waals surface area contributed by atoms with Crippen molar-refractivity contribution in [2.45, 2.75) is 26.7 Å². The summed E-state index contributed by atoms with van der Waals surface area (Å²) >= 11 is 0. The maximum absolute atomic E-state index is 4.61. The van der Waals surface area contributed by atoms with Crippen molar-refractivity contribution < 1.29 is 0 Å². The summed E-state index contributed by atoms with van der Waals surface area (Å²) in [5.74, 6) is 1.94. The van der Waals surface area contributed by atoms with Gasteiger partial charge in [-0.15, -0.1) is 5.10 Å². The van der Waals surface area contributed by atoms with E-state index in [1.54, 1.807) is 17.1 Å². The van der Waals surface area contributed by atoms with E-state index in [2.05, 4.69) is 56.7 Å². The highest BCUT2D eigenvalue weighted by atomic mass is 15.4. The van der Waals surface area contributed by atoms with Gasteiger partial charge in [-0.05, 0) is 30.5 Å². The number of nitrogens with zero attached hydrogens (tertiary/aromatic N) is 7. The van der Waals surface area contributed by atoms with Gasteiger partial charge in [0.1, 0.15) is 5.82 Å². The number of fused-ring (bicyclic) bond motifs is 1. The van der Waals surface area contributed by atoms with Crippen LogP contribution in [0.1, 0.15) is 26.0 Å². The van der Waals surface area contributed by atoms with Gasteiger partial charge in [-0.3, -0.25) is 4.68 Å². The molecule has 0 aliphatic carbocycles. The molecular weight excluding hydrogens is 340 g/mol. The Bertz CT molecular complexity index is 1060. The van der Waals surface area contributed by atoms with E-state index in [0.717, 1.165) is 41.1 Å². The van der Waals surface area contributed by atoms with Gasteiger partial charge in [0.25, 0.3) is 0 Å². The van der Waals surface area contributed by atoms with Crippen LogP contribution in [0.3, 0.4) is 0 Å². The minimum Gasteiger partial charge on any atom is -0.309 e. The van der Waals surface area contributed by atoms with Gasteiger partial charge >= 0.3 is 0 Å². The van der Waals surface area contributed by atoms with Gasteiger partial charge in [0.15, 0.2) is 0 Å². The predicted octanol–water partition coefficient (Wildman–Crippen LogP) is 3.25. The maximum Gasteiger partial charge on any atom is 0.228 e. The van der Waals surface area contributed by atoms with Gasteiger partial charge in [-0.2, -0.15) is 5.10 Å². The molecule has 0 spiro atoms. The Hall–Kier alpha value is -3.29. The summed E-state index contributed by atoms with van der Waals surface area (Å²) in [7, 11) is 1.86. The highest BCUT2D eigenvalue weighted by molar-refractivity contribution is 5.64. The highest BCUT2D eigenvalue weighted by Crippen LogP contribution is 2.22. The van der Waals surface area contributed by atoms with Gasteiger partial charge in [-0.1, -0.05) is 25.5 Å². The summed E-state index contributed by atoms with van der Waals surface area (Å²) in [6, 6.07) is 7.86. The standard InChI is InChI=1S/C19H22N8/c1-4-13(2)11-16-17-6-5-14(12-27(17)25-24-16)15-7-9-20-19(22-15)23-18-8-10-21-26(18)3/h5-10,12-13H,4,11H2,1-3H3,(H,20,22,23). The number of aryl methyl sites for hydroxylation is 1. The van der Waals surface area contributed by atoms with E-state index in [-0.39, 0.29) is 0 Å². The maximum atomic E-state index is 4.61. The molecule has 0 aliphatic rings. The minimum absolute atomic E-state index is 0.521. The van der Waals surface area contributed by atoms with Crippen molar-refractivity contribution in [2.24, 2.45) is 13.0 Å². The zero-order valence-electron chi connectivity index (χ0n) is 15.7. The Kier molecular flexibility index (Phi) is 4.53. The average Bonchev–Trinajstić information content (AvgIpc) is 3.28. The molecule has 0 aliphatic heterocycles. The zero-order chi connectivity index (χ0) is 18.8. The second-order valence-corrected chi connectivity index (χ2v) is 6.73. The topological polar surface area (TPSA) is 85.8 Å². The van der Waals surface area contributed by atoms with Gasteiger partial charge in [0.05, 0.1) is 23.1 Å². The molecule has 138 valence electrons. The fraction of sp³-hybridized carbons (Fsp3) is 0.316. The Morgan fingerprint density at radius 2 is 2.04 bits per heavy atom. The van der Waals surface area contributed by atoms with Crippen molar-refractivity contribution in [2.75, 3.05) is 5.32 Å². The van der Waals surface area contributed by atoms with Crippen LogP contribution in [0.25, 0.3) is 16.8 Å². The Morgan fingerprint density at radius 3 is 2.81 bits per heavy atom. The largest absolute Gasteiger partial charge is 0.309 e. The molecule has 4 aromatic heterocycles. The van der Waals surface area contributed by atoms with E-state index in [1.807, 2.05) is 29.9 Å². The molecule has 27 heavy (non-hydrogen) atoms. The summed E-state index contributed by atoms with van der Waals surface area (Å²) < 4.78 is 3.56. The predicted molar refractivity (Wildman–Crippen MR) is 104 cm³/mol. The van der Waals surface area contributed by atoms with Crippen LogP contribution in [-0.4, -0.2) is 34.6 Å². The van der Waals surface area contributed by atoms with Crippen LogP contribution in [0, 0.1) is 5.92 Å². The smallest absolute Gasteiger partial charge is 0.228 e. The van der Waals surface area contributed by atoms with E-state index in [9.17, 15) is 0 Å². The van der Waals surface area contributed by atoms with Crippen LogP contribution < -0.4 is 5.32 Å². The SMILES string of the molecule is CCC(C)Cc1nnn2cc(-c3ccnc(Nc4ccnn4C)n3)ccc12. The van der Waals surface area contributed by atoms with E-state index in [0.29, 0.717) is 11.9 Å². The van der Waals surface area contributed by atoms with Crippen molar-refractivity contribution in [3.05, 3.63) is 48.5 Å². The first-order valence-corrected chi connectivity index (χ1v) is 9.06. The van der Waals surface area contributed by atoms with Crippen molar-refractivity contribution in [3.8, 4) is 11.3 Å². The van der Waals surface area contributed by atoms with Crippen LogP contribution in [0.5, 0.6) is 0 Å².